The van der Waals surface area contributed by atoms with Crippen molar-refractivity contribution in [2.24, 2.45) is 0 Å². The van der Waals surface area contributed by atoms with Crippen LogP contribution in [-0.2, 0) is 12.2 Å². The Morgan fingerprint density at radius 1 is 1.06 bits per heavy atom. The van der Waals surface area contributed by atoms with Crippen molar-refractivity contribution in [3.05, 3.63) is 92.1 Å². The van der Waals surface area contributed by atoms with Crippen LogP contribution < -0.4 is 10.3 Å². The highest BCUT2D eigenvalue weighted by Gasteiger charge is 2.21. The summed E-state index contributed by atoms with van der Waals surface area (Å²) >= 11 is 3.43. The summed E-state index contributed by atoms with van der Waals surface area (Å²) in [5.74, 6) is 0.753. The molecule has 0 aliphatic heterocycles. The molecule has 0 unspecified atom stereocenters. The van der Waals surface area contributed by atoms with Gasteiger partial charge in [0.1, 0.15) is 22.4 Å². The summed E-state index contributed by atoms with van der Waals surface area (Å²) in [7, 11) is 0. The third-order valence-corrected chi connectivity index (χ3v) is 6.14. The van der Waals surface area contributed by atoms with Crippen LogP contribution in [0.4, 0.5) is 0 Å². The summed E-state index contributed by atoms with van der Waals surface area (Å²) in [5.41, 5.74) is 3.84. The molecule has 9 heteroatoms. The summed E-state index contributed by atoms with van der Waals surface area (Å²) < 4.78 is 7.89. The van der Waals surface area contributed by atoms with Crippen LogP contribution in [0, 0.1) is 20.8 Å². The molecular formula is C26H26BrN5O3. The molecule has 0 spiro atoms. The number of hydrogen-bond donors (Lipinski definition) is 1. The fourth-order valence-electron chi connectivity index (χ4n) is 3.63. The fourth-order valence-corrected chi connectivity index (χ4v) is 4.04. The van der Waals surface area contributed by atoms with Crippen LogP contribution in [-0.4, -0.2) is 29.6 Å². The van der Waals surface area contributed by atoms with Gasteiger partial charge in [-0.25, -0.2) is 9.97 Å². The molecule has 0 aliphatic carbocycles. The average molecular weight is 536 g/mol. The highest BCUT2D eigenvalue weighted by Crippen LogP contribution is 2.27. The Kier molecular flexibility index (Phi) is 6.82. The van der Waals surface area contributed by atoms with Gasteiger partial charge in [-0.05, 0) is 79.9 Å². The third kappa shape index (κ3) is 5.31. The van der Waals surface area contributed by atoms with Gasteiger partial charge in [-0.15, -0.1) is 0 Å². The normalized spacial score (nSPS) is 11.5. The van der Waals surface area contributed by atoms with Crippen LogP contribution in [0.2, 0.25) is 0 Å². The molecule has 4 rings (SSSR count). The molecule has 35 heavy (non-hydrogen) atoms. The minimum atomic E-state index is -1.19. The molecule has 1 N–H and O–H groups in total. The predicted molar refractivity (Wildman–Crippen MR) is 137 cm³/mol. The maximum absolute atomic E-state index is 13.4. The fraction of sp³-hybridized carbons (Fsp3) is 0.269. The Labute approximate surface area is 211 Å². The molecule has 0 aliphatic rings. The Balaban J connectivity index is 1.72. The topological polar surface area (TPSA) is 103 Å². The molecule has 0 bridgehead atoms. The lowest BCUT2D eigenvalue weighted by Crippen LogP contribution is -2.23. The Morgan fingerprint density at radius 2 is 1.83 bits per heavy atom. The van der Waals surface area contributed by atoms with Crippen LogP contribution in [0.5, 0.6) is 5.75 Å². The summed E-state index contributed by atoms with van der Waals surface area (Å²) in [6.45, 7) is 9.26. The third-order valence-electron chi connectivity index (χ3n) is 5.41. The molecule has 180 valence electrons. The Bertz CT molecular complexity index is 1460. The average Bonchev–Trinajstić information content (AvgIpc) is 2.81. The zero-order valence-electron chi connectivity index (χ0n) is 20.2. The van der Waals surface area contributed by atoms with Crippen molar-refractivity contribution in [3.63, 3.8) is 0 Å². The van der Waals surface area contributed by atoms with Crippen LogP contribution in [0.15, 0.2) is 58.3 Å². The van der Waals surface area contributed by atoms with Gasteiger partial charge < -0.3 is 9.84 Å². The maximum atomic E-state index is 13.4. The zero-order valence-corrected chi connectivity index (χ0v) is 21.8. The van der Waals surface area contributed by atoms with E-state index in [1.807, 2.05) is 39.0 Å². The van der Waals surface area contributed by atoms with Crippen LogP contribution >= 0.6 is 15.9 Å². The number of aromatic nitrogens is 5. The lowest BCUT2D eigenvalue weighted by molar-refractivity contribution is 0.0688. The molecule has 4 aromatic rings. The Hall–Kier alpha value is -3.43. The number of pyridine rings is 3. The largest absolute Gasteiger partial charge is 0.487 e. The zero-order chi connectivity index (χ0) is 25.3. The predicted octanol–water partition coefficient (Wildman–Crippen LogP) is 4.58. The number of halogens is 1. The van der Waals surface area contributed by atoms with Gasteiger partial charge >= 0.3 is 0 Å². The van der Waals surface area contributed by atoms with E-state index in [0.29, 0.717) is 45.4 Å². The number of ether oxygens (including phenoxy) is 1. The standard InChI is InChI=1S/C26H26BrN5O3/c1-15-8-18(13-28-11-15)14-35-22-9-17(3)32(24(33)23(22)27)21-10-20(30-12-16(21)2)19-6-7-29-25(31-19)26(4,5)34/h6-13,34H,14H2,1-5H3. The van der Waals surface area contributed by atoms with E-state index in [1.165, 1.54) is 0 Å². The molecule has 0 radical (unpaired) electrons. The lowest BCUT2D eigenvalue weighted by atomic mass is 10.1. The van der Waals surface area contributed by atoms with Crippen molar-refractivity contribution in [2.75, 3.05) is 0 Å². The minimum Gasteiger partial charge on any atom is -0.487 e. The second kappa shape index (κ2) is 9.67. The van der Waals surface area contributed by atoms with E-state index >= 15 is 0 Å². The molecule has 0 amide bonds. The lowest BCUT2D eigenvalue weighted by Gasteiger charge is -2.18. The van der Waals surface area contributed by atoms with Crippen molar-refractivity contribution in [2.45, 2.75) is 46.8 Å². The summed E-state index contributed by atoms with van der Waals surface area (Å²) in [6.07, 6.45) is 6.81. The molecule has 4 aromatic heterocycles. The van der Waals surface area contributed by atoms with Crippen LogP contribution in [0.25, 0.3) is 17.1 Å². The van der Waals surface area contributed by atoms with Gasteiger partial charge in [0.2, 0.25) is 0 Å². The van der Waals surface area contributed by atoms with E-state index < -0.39 is 5.60 Å². The maximum Gasteiger partial charge on any atom is 0.273 e. The highest BCUT2D eigenvalue weighted by atomic mass is 79.9. The molecular weight excluding hydrogens is 510 g/mol. The number of rotatable bonds is 6. The molecule has 4 heterocycles. The van der Waals surface area contributed by atoms with E-state index in [2.05, 4.69) is 35.9 Å². The molecule has 0 aromatic carbocycles. The summed E-state index contributed by atoms with van der Waals surface area (Å²) in [4.78, 5) is 30.7. The molecule has 8 nitrogen and oxygen atoms in total. The second-order valence-electron chi connectivity index (χ2n) is 8.94. The first kappa shape index (κ1) is 24.7. The van der Waals surface area contributed by atoms with Crippen LogP contribution in [0.3, 0.4) is 0 Å². The van der Waals surface area contributed by atoms with Gasteiger partial charge in [0.05, 0.1) is 17.1 Å². The van der Waals surface area contributed by atoms with E-state index in [0.717, 1.165) is 16.7 Å². The van der Waals surface area contributed by atoms with Gasteiger partial charge in [0.25, 0.3) is 5.56 Å². The van der Waals surface area contributed by atoms with Gasteiger partial charge in [0, 0.05) is 42.1 Å². The molecule has 0 saturated heterocycles. The van der Waals surface area contributed by atoms with Crippen molar-refractivity contribution in [1.82, 2.24) is 24.5 Å². The SMILES string of the molecule is Cc1cncc(COc2cc(C)n(-c3cc(-c4ccnc(C(C)(C)O)n4)ncc3C)c(=O)c2Br)c1. The number of nitrogens with zero attached hydrogens (tertiary/aromatic N) is 5. The molecule has 0 fully saturated rings. The number of aryl methyl sites for hydroxylation is 3. The summed E-state index contributed by atoms with van der Waals surface area (Å²) in [6, 6.07) is 7.35. The highest BCUT2D eigenvalue weighted by molar-refractivity contribution is 9.10. The molecule has 0 saturated carbocycles. The second-order valence-corrected chi connectivity index (χ2v) is 9.74. The van der Waals surface area contributed by atoms with Gasteiger partial charge in [-0.1, -0.05) is 0 Å². The number of aliphatic hydroxyl groups is 1. The minimum absolute atomic E-state index is 0.248. The number of hydrogen-bond acceptors (Lipinski definition) is 7. The van der Waals surface area contributed by atoms with E-state index in [1.54, 1.807) is 49.3 Å². The van der Waals surface area contributed by atoms with Gasteiger partial charge in [-0.2, -0.15) is 0 Å². The van der Waals surface area contributed by atoms with E-state index in [4.69, 9.17) is 4.74 Å². The van der Waals surface area contributed by atoms with Crippen molar-refractivity contribution in [1.29, 1.82) is 0 Å². The van der Waals surface area contributed by atoms with Crippen molar-refractivity contribution < 1.29 is 9.84 Å². The first-order chi connectivity index (χ1) is 16.5. The monoisotopic (exact) mass is 535 g/mol. The van der Waals surface area contributed by atoms with E-state index in [-0.39, 0.29) is 5.56 Å². The van der Waals surface area contributed by atoms with Crippen molar-refractivity contribution >= 4 is 15.9 Å². The molecule has 0 atom stereocenters. The van der Waals surface area contributed by atoms with Gasteiger partial charge in [0.15, 0.2) is 5.82 Å². The first-order valence-electron chi connectivity index (χ1n) is 11.0. The Morgan fingerprint density at radius 3 is 2.54 bits per heavy atom. The summed E-state index contributed by atoms with van der Waals surface area (Å²) in [5, 5.41) is 10.3. The van der Waals surface area contributed by atoms with E-state index in [9.17, 15) is 9.90 Å². The smallest absolute Gasteiger partial charge is 0.273 e. The first-order valence-corrected chi connectivity index (χ1v) is 11.8. The van der Waals surface area contributed by atoms with Crippen molar-refractivity contribution in [3.8, 4) is 22.8 Å². The van der Waals surface area contributed by atoms with Crippen LogP contribution in [0.1, 0.15) is 42.1 Å². The van der Waals surface area contributed by atoms with Gasteiger partial charge in [-0.3, -0.25) is 19.3 Å². The quantitative estimate of drug-likeness (QED) is 0.385.